The van der Waals surface area contributed by atoms with E-state index in [0.717, 1.165) is 12.8 Å². The summed E-state index contributed by atoms with van der Waals surface area (Å²) in [6, 6.07) is 32.6. The Hall–Kier alpha value is -2.31. The number of benzene rings is 4. The van der Waals surface area contributed by atoms with Crippen molar-refractivity contribution in [2.75, 3.05) is 0 Å². The van der Waals surface area contributed by atoms with E-state index in [1.807, 2.05) is 12.2 Å². The molecular weight excluding hydrogens is 655 g/mol. The first-order valence-electron chi connectivity index (χ1n) is 15.0. The molecule has 0 unspecified atom stereocenters. The second-order valence-electron chi connectivity index (χ2n) is 13.4. The maximum atomic E-state index is 3.67. The first-order valence-corrected chi connectivity index (χ1v) is 16.2. The zero-order valence-electron chi connectivity index (χ0n) is 27.5. The minimum atomic E-state index is 0. The molecule has 6 rings (SSSR count). The summed E-state index contributed by atoms with van der Waals surface area (Å²) in [5, 5.41) is 0. The Labute approximate surface area is 294 Å². The van der Waals surface area contributed by atoms with Crippen molar-refractivity contribution in [3.63, 3.8) is 0 Å². The Morgan fingerprint density at radius 2 is 1.30 bits per heavy atom. The molecule has 228 valence electrons. The number of halogens is 2. The van der Waals surface area contributed by atoms with Gasteiger partial charge >= 0.3 is 112 Å². The van der Waals surface area contributed by atoms with Crippen LogP contribution in [0.1, 0.15) is 92.5 Å². The molecule has 0 bridgehead atoms. The van der Waals surface area contributed by atoms with Crippen LogP contribution < -0.4 is 0 Å². The Kier molecular flexibility index (Phi) is 14.0. The molecule has 4 aromatic rings. The largest absolute Gasteiger partial charge is 0.273 e. The average Bonchev–Trinajstić information content (AvgIpc) is 3.63. The summed E-state index contributed by atoms with van der Waals surface area (Å²) >= 11 is 1.47. The Balaban J connectivity index is 0.000000260. The monoisotopic (exact) mass is 698 g/mol. The predicted octanol–water partition coefficient (Wildman–Crippen LogP) is 11.2. The van der Waals surface area contributed by atoms with Gasteiger partial charge in [-0.25, -0.2) is 12.2 Å². The van der Waals surface area contributed by atoms with E-state index in [9.17, 15) is 0 Å². The quantitative estimate of drug-likeness (QED) is 0.161. The molecule has 0 fully saturated rings. The van der Waals surface area contributed by atoms with Crippen LogP contribution in [-0.2, 0) is 41.5 Å². The zero-order chi connectivity index (χ0) is 30.5. The van der Waals surface area contributed by atoms with Gasteiger partial charge in [0.05, 0.1) is 0 Å². The number of hydrogen-bond acceptors (Lipinski definition) is 0. The first kappa shape index (κ1) is 37.9. The fraction of sp³-hybridized carbons (Fsp3) is 0.293. The van der Waals surface area contributed by atoms with Crippen LogP contribution in [-0.4, -0.2) is 3.21 Å². The molecule has 3 heteroatoms. The van der Waals surface area contributed by atoms with Crippen LogP contribution in [0.5, 0.6) is 0 Å². The summed E-state index contributed by atoms with van der Waals surface area (Å²) in [5.74, 6) is 0. The summed E-state index contributed by atoms with van der Waals surface area (Å²) in [6.07, 6.45) is 11.0. The molecule has 0 aliphatic heterocycles. The van der Waals surface area contributed by atoms with Gasteiger partial charge in [0.2, 0.25) is 0 Å². The molecule has 0 N–H and O–H groups in total. The zero-order valence-corrected chi connectivity index (χ0v) is 31.6. The van der Waals surface area contributed by atoms with Crippen molar-refractivity contribution in [2.24, 2.45) is 0 Å². The summed E-state index contributed by atoms with van der Waals surface area (Å²) < 4.78 is 1.43. The molecule has 0 amide bonds. The first-order chi connectivity index (χ1) is 19.8. The molecule has 2 aliphatic rings. The number of allylic oxidation sites excluding steroid dienone is 4. The molecule has 0 nitrogen and oxygen atoms in total. The van der Waals surface area contributed by atoms with Crippen molar-refractivity contribution in [1.29, 1.82) is 0 Å². The molecule has 0 saturated carbocycles. The van der Waals surface area contributed by atoms with Gasteiger partial charge in [0.25, 0.3) is 0 Å². The topological polar surface area (TPSA) is 0 Å². The van der Waals surface area contributed by atoms with Crippen LogP contribution in [0, 0.1) is 26.0 Å². The smallest absolute Gasteiger partial charge is 0.109 e. The van der Waals surface area contributed by atoms with Crippen molar-refractivity contribution in [2.45, 2.75) is 79.1 Å². The van der Waals surface area contributed by atoms with E-state index in [1.165, 1.54) is 83.1 Å². The summed E-state index contributed by atoms with van der Waals surface area (Å²) in [7, 11) is 0. The summed E-state index contributed by atoms with van der Waals surface area (Å²) in [5.41, 5.74) is 14.1. The van der Waals surface area contributed by atoms with Gasteiger partial charge in [-0.15, -0.1) is 42.4 Å². The average molecular weight is 701 g/mol. The van der Waals surface area contributed by atoms with Crippen LogP contribution >= 0.6 is 24.8 Å². The van der Waals surface area contributed by atoms with Crippen molar-refractivity contribution < 1.29 is 24.2 Å². The Bertz CT molecular complexity index is 1510. The molecule has 0 aromatic heterocycles. The van der Waals surface area contributed by atoms with E-state index in [0.29, 0.717) is 0 Å². The van der Waals surface area contributed by atoms with Crippen molar-refractivity contribution in [1.82, 2.24) is 0 Å². The van der Waals surface area contributed by atoms with E-state index in [2.05, 4.69) is 152 Å². The fourth-order valence-corrected chi connectivity index (χ4v) is 5.90. The molecule has 2 aliphatic carbocycles. The Morgan fingerprint density at radius 3 is 1.75 bits per heavy atom. The van der Waals surface area contributed by atoms with Gasteiger partial charge in [-0.1, -0.05) is 65.3 Å². The van der Waals surface area contributed by atoms with E-state index in [4.69, 9.17) is 0 Å². The molecule has 0 atom stereocenters. The van der Waals surface area contributed by atoms with Gasteiger partial charge in [0.15, 0.2) is 0 Å². The third kappa shape index (κ3) is 10.1. The third-order valence-electron chi connectivity index (χ3n) is 7.66. The Morgan fingerprint density at radius 1 is 0.705 bits per heavy atom. The van der Waals surface area contributed by atoms with Gasteiger partial charge in [-0.2, -0.15) is 29.8 Å². The van der Waals surface area contributed by atoms with Crippen LogP contribution in [0.15, 0.2) is 97.1 Å². The molecule has 0 radical (unpaired) electrons. The molecule has 4 aromatic carbocycles. The standard InChI is InChI=1S/C21H25.C15H14.C5H5.2ClH.Zr/c1-20(2,3)16-7-9-18-14(12-16)11-15-13-17(21(4,5)6)8-10-19(15)18;1-12-5-3-7-14(9-12)11-15-8-4-6-13(2)10-15;1-2-4-5-3-1;;;/h7-10,12H,11H2,1-6H3;3-10H,1-2H3;1-3H,4H2;2*1H;/q-1;;-1;;;+2. The second kappa shape index (κ2) is 16.3. The minimum absolute atomic E-state index is 0. The van der Waals surface area contributed by atoms with Gasteiger partial charge in [-0.05, 0) is 28.4 Å². The summed E-state index contributed by atoms with van der Waals surface area (Å²) in [4.78, 5) is 0. The van der Waals surface area contributed by atoms with E-state index in [1.54, 1.807) is 0 Å². The van der Waals surface area contributed by atoms with E-state index >= 15 is 0 Å². The molecule has 0 spiro atoms. The van der Waals surface area contributed by atoms with Crippen LogP contribution in [0.25, 0.3) is 11.1 Å². The van der Waals surface area contributed by atoms with E-state index in [-0.39, 0.29) is 35.6 Å². The predicted molar refractivity (Wildman–Crippen MR) is 193 cm³/mol. The van der Waals surface area contributed by atoms with Crippen LogP contribution in [0.2, 0.25) is 0 Å². The van der Waals surface area contributed by atoms with Crippen LogP contribution in [0.3, 0.4) is 0 Å². The van der Waals surface area contributed by atoms with Gasteiger partial charge in [0, 0.05) is 0 Å². The van der Waals surface area contributed by atoms with Crippen molar-refractivity contribution in [3.05, 3.63) is 154 Å². The van der Waals surface area contributed by atoms with Crippen molar-refractivity contribution >= 4 is 28.0 Å². The van der Waals surface area contributed by atoms with Crippen molar-refractivity contribution in [3.8, 4) is 11.1 Å². The fourth-order valence-electron chi connectivity index (χ4n) is 5.14. The number of fused-ring (bicyclic) bond motifs is 3. The summed E-state index contributed by atoms with van der Waals surface area (Å²) in [6.45, 7) is 17.9. The second-order valence-corrected chi connectivity index (χ2v) is 14.7. The van der Waals surface area contributed by atoms with Gasteiger partial charge in [0.1, 0.15) is 0 Å². The van der Waals surface area contributed by atoms with E-state index < -0.39 is 0 Å². The maximum absolute atomic E-state index is 3.67. The van der Waals surface area contributed by atoms with Gasteiger partial charge in [-0.3, -0.25) is 6.08 Å². The minimum Gasteiger partial charge on any atom is -0.273 e. The normalized spacial score (nSPS) is 12.4. The number of aryl methyl sites for hydroxylation is 2. The SMILES string of the molecule is CC(C)(C)c1[c-]c2c(cc1)-c1ccc(C(C)(C)C)cc1C2.Cc1cccc([C](=[Zr+2])c2cccc(C)c2)c1.Cl.Cl.[C-]1=CC=CC1. The third-order valence-corrected chi connectivity index (χ3v) is 9.08. The van der Waals surface area contributed by atoms with Gasteiger partial charge < -0.3 is 0 Å². The van der Waals surface area contributed by atoms with Crippen LogP contribution in [0.4, 0.5) is 0 Å². The molecule has 0 saturated heterocycles. The molecule has 0 heterocycles. The number of rotatable bonds is 2. The molecular formula is C41H46Cl2Zr. The number of hydrogen-bond donors (Lipinski definition) is 0. The molecule has 44 heavy (non-hydrogen) atoms. The maximum Gasteiger partial charge on any atom is -0.109 e.